The Bertz CT molecular complexity index is 305. The number of nitrogens with one attached hydrogen (secondary N) is 1. The zero-order valence-electron chi connectivity index (χ0n) is 14.7. The van der Waals surface area contributed by atoms with Crippen molar-refractivity contribution in [2.45, 2.75) is 89.8 Å². The summed E-state index contributed by atoms with van der Waals surface area (Å²) in [6.45, 7) is 13.1. The van der Waals surface area contributed by atoms with Crippen LogP contribution in [0.4, 0.5) is 0 Å². The first kappa shape index (κ1) is 17.2. The van der Waals surface area contributed by atoms with Crippen LogP contribution in [0.15, 0.2) is 0 Å². The lowest BCUT2D eigenvalue weighted by molar-refractivity contribution is -0.0314. The Morgan fingerprint density at radius 1 is 1.19 bits per heavy atom. The average Bonchev–Trinajstić information content (AvgIpc) is 2.42. The number of piperazine rings is 1. The maximum atomic E-state index is 5.97. The molecule has 1 heterocycles. The van der Waals surface area contributed by atoms with Gasteiger partial charge in [0.15, 0.2) is 0 Å². The molecule has 0 aromatic heterocycles. The van der Waals surface area contributed by atoms with Crippen LogP contribution < -0.4 is 5.32 Å². The molecule has 1 atom stereocenters. The minimum absolute atomic E-state index is 0.0170. The Morgan fingerprint density at radius 3 is 2.52 bits per heavy atom. The summed E-state index contributed by atoms with van der Waals surface area (Å²) in [4.78, 5) is 2.72. The molecular formula is C18H36N2O. The summed E-state index contributed by atoms with van der Waals surface area (Å²) in [5.74, 6) is 0. The Hall–Kier alpha value is -0.120. The zero-order chi connectivity index (χ0) is 15.3. The highest BCUT2D eigenvalue weighted by Crippen LogP contribution is 2.32. The van der Waals surface area contributed by atoms with Crippen molar-refractivity contribution in [3.05, 3.63) is 0 Å². The van der Waals surface area contributed by atoms with Gasteiger partial charge in [-0.1, -0.05) is 32.6 Å². The first-order valence-electron chi connectivity index (χ1n) is 9.07. The molecule has 3 nitrogen and oxygen atoms in total. The predicted octanol–water partition coefficient (Wildman–Crippen LogP) is 3.58. The Labute approximate surface area is 131 Å². The van der Waals surface area contributed by atoms with Gasteiger partial charge in [-0.2, -0.15) is 0 Å². The summed E-state index contributed by atoms with van der Waals surface area (Å²) < 4.78 is 5.97. The maximum Gasteiger partial charge on any atom is 0.0600 e. The Kier molecular flexibility index (Phi) is 6.10. The van der Waals surface area contributed by atoms with Crippen molar-refractivity contribution in [1.82, 2.24) is 10.2 Å². The largest absolute Gasteiger partial charge is 0.375 e. The average molecular weight is 296 g/mol. The predicted molar refractivity (Wildman–Crippen MR) is 89.8 cm³/mol. The van der Waals surface area contributed by atoms with Crippen molar-refractivity contribution >= 4 is 0 Å². The van der Waals surface area contributed by atoms with E-state index >= 15 is 0 Å². The molecule has 2 rings (SSSR count). The number of rotatable bonds is 5. The van der Waals surface area contributed by atoms with Crippen LogP contribution >= 0.6 is 0 Å². The molecule has 1 aliphatic carbocycles. The van der Waals surface area contributed by atoms with E-state index < -0.39 is 0 Å². The first-order chi connectivity index (χ1) is 9.94. The van der Waals surface area contributed by atoms with Crippen molar-refractivity contribution in [1.29, 1.82) is 0 Å². The van der Waals surface area contributed by atoms with Crippen LogP contribution in [0.1, 0.15) is 72.6 Å². The molecule has 1 saturated carbocycles. The van der Waals surface area contributed by atoms with Crippen LogP contribution in [0.2, 0.25) is 0 Å². The molecule has 1 aliphatic heterocycles. The van der Waals surface area contributed by atoms with Gasteiger partial charge in [0.25, 0.3) is 0 Å². The molecule has 0 amide bonds. The number of ether oxygens (including phenoxy) is 1. The SMILES string of the molecule is CCCC1CNC2(CCCCC2)CN1CCOC(C)(C)C. The molecule has 1 saturated heterocycles. The number of hydrogen-bond donors (Lipinski definition) is 1. The van der Waals surface area contributed by atoms with Gasteiger partial charge in [-0.15, -0.1) is 0 Å². The third-order valence-electron chi connectivity index (χ3n) is 5.08. The van der Waals surface area contributed by atoms with Crippen molar-refractivity contribution in [3.8, 4) is 0 Å². The molecule has 21 heavy (non-hydrogen) atoms. The minimum Gasteiger partial charge on any atom is -0.375 e. The molecule has 124 valence electrons. The molecule has 0 aromatic carbocycles. The van der Waals surface area contributed by atoms with E-state index in [1.54, 1.807) is 0 Å². The van der Waals surface area contributed by atoms with Gasteiger partial charge >= 0.3 is 0 Å². The molecule has 1 spiro atoms. The third kappa shape index (κ3) is 5.22. The summed E-state index contributed by atoms with van der Waals surface area (Å²) in [6.07, 6.45) is 9.53. The highest BCUT2D eigenvalue weighted by molar-refractivity contribution is 4.99. The lowest BCUT2D eigenvalue weighted by Crippen LogP contribution is -2.65. The zero-order valence-corrected chi connectivity index (χ0v) is 14.7. The topological polar surface area (TPSA) is 24.5 Å². The van der Waals surface area contributed by atoms with Gasteiger partial charge in [0, 0.05) is 31.2 Å². The van der Waals surface area contributed by atoms with Gasteiger partial charge in [0.05, 0.1) is 12.2 Å². The second kappa shape index (κ2) is 7.43. The van der Waals surface area contributed by atoms with E-state index in [-0.39, 0.29) is 5.60 Å². The van der Waals surface area contributed by atoms with Gasteiger partial charge in [-0.05, 0) is 40.0 Å². The van der Waals surface area contributed by atoms with E-state index in [2.05, 4.69) is 37.9 Å². The highest BCUT2D eigenvalue weighted by Gasteiger charge is 2.39. The molecule has 0 aromatic rings. The maximum absolute atomic E-state index is 5.97. The van der Waals surface area contributed by atoms with Crippen LogP contribution in [0.25, 0.3) is 0 Å². The van der Waals surface area contributed by atoms with Crippen molar-refractivity contribution in [2.24, 2.45) is 0 Å². The quantitative estimate of drug-likeness (QED) is 0.839. The second-order valence-electron chi connectivity index (χ2n) is 8.10. The lowest BCUT2D eigenvalue weighted by atomic mass is 9.79. The van der Waals surface area contributed by atoms with Crippen LogP contribution in [-0.4, -0.2) is 48.3 Å². The second-order valence-corrected chi connectivity index (χ2v) is 8.10. The van der Waals surface area contributed by atoms with E-state index in [1.165, 1.54) is 58.0 Å². The van der Waals surface area contributed by atoms with Crippen molar-refractivity contribution < 1.29 is 4.74 Å². The monoisotopic (exact) mass is 296 g/mol. The molecule has 0 bridgehead atoms. The molecule has 1 N–H and O–H groups in total. The molecule has 0 radical (unpaired) electrons. The van der Waals surface area contributed by atoms with Crippen LogP contribution in [0.5, 0.6) is 0 Å². The van der Waals surface area contributed by atoms with E-state index in [0.29, 0.717) is 11.6 Å². The Balaban J connectivity index is 1.91. The summed E-state index contributed by atoms with van der Waals surface area (Å²) >= 11 is 0. The summed E-state index contributed by atoms with van der Waals surface area (Å²) in [5, 5.41) is 3.92. The summed E-state index contributed by atoms with van der Waals surface area (Å²) in [7, 11) is 0. The lowest BCUT2D eigenvalue weighted by Gasteiger charge is -2.50. The molecule has 2 aliphatic rings. The van der Waals surface area contributed by atoms with E-state index in [1.807, 2.05) is 0 Å². The third-order valence-corrected chi connectivity index (χ3v) is 5.08. The fraction of sp³-hybridized carbons (Fsp3) is 1.00. The van der Waals surface area contributed by atoms with E-state index in [4.69, 9.17) is 4.74 Å². The Morgan fingerprint density at radius 2 is 1.90 bits per heavy atom. The van der Waals surface area contributed by atoms with Gasteiger partial charge in [0.1, 0.15) is 0 Å². The summed E-state index contributed by atoms with van der Waals surface area (Å²) in [6, 6.07) is 0.700. The fourth-order valence-electron chi connectivity index (χ4n) is 3.95. The van der Waals surface area contributed by atoms with E-state index in [0.717, 1.165) is 13.2 Å². The first-order valence-corrected chi connectivity index (χ1v) is 9.07. The summed E-state index contributed by atoms with van der Waals surface area (Å²) in [5.41, 5.74) is 0.390. The van der Waals surface area contributed by atoms with Crippen LogP contribution in [-0.2, 0) is 4.74 Å². The van der Waals surface area contributed by atoms with Gasteiger partial charge in [0.2, 0.25) is 0 Å². The van der Waals surface area contributed by atoms with Gasteiger partial charge < -0.3 is 10.1 Å². The van der Waals surface area contributed by atoms with Crippen molar-refractivity contribution in [2.75, 3.05) is 26.2 Å². The van der Waals surface area contributed by atoms with Crippen molar-refractivity contribution in [3.63, 3.8) is 0 Å². The molecule has 1 unspecified atom stereocenters. The van der Waals surface area contributed by atoms with Crippen LogP contribution in [0.3, 0.4) is 0 Å². The molecular weight excluding hydrogens is 260 g/mol. The standard InChI is InChI=1S/C18H36N2O/c1-5-9-16-14-19-18(10-7-6-8-11-18)15-20(16)12-13-21-17(2,3)4/h16,19H,5-15H2,1-4H3. The highest BCUT2D eigenvalue weighted by atomic mass is 16.5. The smallest absolute Gasteiger partial charge is 0.0600 e. The van der Waals surface area contributed by atoms with E-state index in [9.17, 15) is 0 Å². The number of hydrogen-bond acceptors (Lipinski definition) is 3. The molecule has 3 heteroatoms. The van der Waals surface area contributed by atoms with Crippen LogP contribution in [0, 0.1) is 0 Å². The fourth-order valence-corrected chi connectivity index (χ4v) is 3.95. The minimum atomic E-state index is -0.0170. The number of nitrogens with zero attached hydrogens (tertiary/aromatic N) is 1. The molecule has 2 fully saturated rings. The van der Waals surface area contributed by atoms with Gasteiger partial charge in [-0.3, -0.25) is 4.90 Å². The van der Waals surface area contributed by atoms with Gasteiger partial charge in [-0.25, -0.2) is 0 Å². The normalized spacial score (nSPS) is 27.1.